The molecular weight excluding hydrogens is 198 g/mol. The largest absolute Gasteiger partial charge is 0.393 e. The van der Waals surface area contributed by atoms with Crippen LogP contribution < -0.4 is 0 Å². The average Bonchev–Trinajstić information content (AvgIpc) is 2.71. The van der Waals surface area contributed by atoms with Gasteiger partial charge in [0.2, 0.25) is 5.91 Å². The van der Waals surface area contributed by atoms with Crippen LogP contribution in [0.5, 0.6) is 0 Å². The normalized spacial score (nSPS) is 29.5. The molecule has 2 rings (SSSR count). The number of hydrogen-bond donors (Lipinski definition) is 1. The standard InChI is InChI=1S/C10H17NO2S/c12-8-3-5-11(6-4-8)10(13)9-2-1-7-14-9/h8-9,12H,1-7H2. The third-order valence-corrected chi connectivity index (χ3v) is 4.35. The lowest BCUT2D eigenvalue weighted by atomic mass is 10.1. The van der Waals surface area contributed by atoms with Crippen molar-refractivity contribution in [3.8, 4) is 0 Å². The molecule has 0 bridgehead atoms. The smallest absolute Gasteiger partial charge is 0.235 e. The molecule has 2 heterocycles. The van der Waals surface area contributed by atoms with Gasteiger partial charge in [0.1, 0.15) is 0 Å². The van der Waals surface area contributed by atoms with Crippen LogP contribution in [0, 0.1) is 0 Å². The highest BCUT2D eigenvalue weighted by Crippen LogP contribution is 2.28. The molecule has 1 N–H and O–H groups in total. The maximum atomic E-state index is 11.9. The van der Waals surface area contributed by atoms with Crippen molar-refractivity contribution in [3.63, 3.8) is 0 Å². The molecular formula is C10H17NO2S. The van der Waals surface area contributed by atoms with Gasteiger partial charge in [-0.1, -0.05) is 0 Å². The fraction of sp³-hybridized carbons (Fsp3) is 0.900. The monoisotopic (exact) mass is 215 g/mol. The van der Waals surface area contributed by atoms with Gasteiger partial charge in [0.15, 0.2) is 0 Å². The van der Waals surface area contributed by atoms with Crippen LogP contribution >= 0.6 is 11.8 Å². The fourth-order valence-electron chi connectivity index (χ4n) is 2.06. The number of carbonyl (C=O) groups is 1. The van der Waals surface area contributed by atoms with E-state index in [-0.39, 0.29) is 11.4 Å². The molecule has 14 heavy (non-hydrogen) atoms. The van der Waals surface area contributed by atoms with E-state index >= 15 is 0 Å². The van der Waals surface area contributed by atoms with Gasteiger partial charge in [0.05, 0.1) is 11.4 Å². The van der Waals surface area contributed by atoms with Crippen molar-refractivity contribution in [3.05, 3.63) is 0 Å². The Morgan fingerprint density at radius 2 is 2.00 bits per heavy atom. The van der Waals surface area contributed by atoms with E-state index < -0.39 is 0 Å². The SMILES string of the molecule is O=C(C1CCCS1)N1CCC(O)CC1. The quantitative estimate of drug-likeness (QED) is 0.705. The third-order valence-electron chi connectivity index (χ3n) is 2.98. The molecule has 3 nitrogen and oxygen atoms in total. The van der Waals surface area contributed by atoms with Gasteiger partial charge in [-0.3, -0.25) is 4.79 Å². The molecule has 2 fully saturated rings. The minimum Gasteiger partial charge on any atom is -0.393 e. The van der Waals surface area contributed by atoms with Crippen LogP contribution in [0.2, 0.25) is 0 Å². The van der Waals surface area contributed by atoms with Crippen molar-refractivity contribution in [2.24, 2.45) is 0 Å². The second kappa shape index (κ2) is 4.53. The second-order valence-corrected chi connectivity index (χ2v) is 5.37. The number of likely N-dealkylation sites (tertiary alicyclic amines) is 1. The van der Waals surface area contributed by atoms with Crippen LogP contribution in [0.15, 0.2) is 0 Å². The van der Waals surface area contributed by atoms with E-state index in [2.05, 4.69) is 0 Å². The number of amides is 1. The van der Waals surface area contributed by atoms with E-state index in [1.807, 2.05) is 4.90 Å². The molecule has 1 atom stereocenters. The maximum absolute atomic E-state index is 11.9. The summed E-state index contributed by atoms with van der Waals surface area (Å²) in [5, 5.41) is 9.54. The zero-order valence-electron chi connectivity index (χ0n) is 8.32. The van der Waals surface area contributed by atoms with E-state index in [4.69, 9.17) is 0 Å². The Morgan fingerprint density at radius 1 is 1.29 bits per heavy atom. The van der Waals surface area contributed by atoms with Gasteiger partial charge in [0.25, 0.3) is 0 Å². The number of hydrogen-bond acceptors (Lipinski definition) is 3. The first kappa shape index (κ1) is 10.3. The van der Waals surface area contributed by atoms with Crippen LogP contribution in [0.25, 0.3) is 0 Å². The van der Waals surface area contributed by atoms with Gasteiger partial charge in [-0.05, 0) is 31.4 Å². The molecule has 0 aromatic rings. The summed E-state index contributed by atoms with van der Waals surface area (Å²) < 4.78 is 0. The van der Waals surface area contributed by atoms with E-state index in [1.54, 1.807) is 11.8 Å². The van der Waals surface area contributed by atoms with E-state index in [9.17, 15) is 9.90 Å². The van der Waals surface area contributed by atoms with Gasteiger partial charge in [-0.2, -0.15) is 0 Å². The summed E-state index contributed by atoms with van der Waals surface area (Å²) >= 11 is 1.79. The number of carbonyl (C=O) groups excluding carboxylic acids is 1. The Hall–Kier alpha value is -0.220. The lowest BCUT2D eigenvalue weighted by molar-refractivity contribution is -0.132. The van der Waals surface area contributed by atoms with Crippen molar-refractivity contribution in [1.29, 1.82) is 0 Å². The summed E-state index contributed by atoms with van der Waals surface area (Å²) in [6, 6.07) is 0. The predicted molar refractivity (Wildman–Crippen MR) is 57.3 cm³/mol. The number of aliphatic hydroxyl groups excluding tert-OH is 1. The molecule has 0 saturated carbocycles. The number of piperidine rings is 1. The number of rotatable bonds is 1. The molecule has 2 saturated heterocycles. The lowest BCUT2D eigenvalue weighted by Gasteiger charge is -2.31. The van der Waals surface area contributed by atoms with Gasteiger partial charge < -0.3 is 10.0 Å². The molecule has 0 aliphatic carbocycles. The zero-order chi connectivity index (χ0) is 9.97. The number of nitrogens with zero attached hydrogens (tertiary/aromatic N) is 1. The van der Waals surface area contributed by atoms with Gasteiger partial charge >= 0.3 is 0 Å². The Bertz CT molecular complexity index is 208. The minimum atomic E-state index is -0.185. The first-order chi connectivity index (χ1) is 6.77. The predicted octanol–water partition coefficient (Wildman–Crippen LogP) is 0.865. The highest BCUT2D eigenvalue weighted by atomic mass is 32.2. The van der Waals surface area contributed by atoms with E-state index in [1.165, 1.54) is 6.42 Å². The Morgan fingerprint density at radius 3 is 2.57 bits per heavy atom. The summed E-state index contributed by atoms with van der Waals surface area (Å²) in [4.78, 5) is 13.9. The molecule has 1 unspecified atom stereocenters. The van der Waals surface area contributed by atoms with Gasteiger partial charge in [-0.15, -0.1) is 11.8 Å². The molecule has 4 heteroatoms. The van der Waals surface area contributed by atoms with E-state index in [0.29, 0.717) is 5.91 Å². The van der Waals surface area contributed by atoms with Crippen LogP contribution in [0.1, 0.15) is 25.7 Å². The molecule has 0 spiro atoms. The van der Waals surface area contributed by atoms with Crippen molar-refractivity contribution in [2.45, 2.75) is 37.0 Å². The van der Waals surface area contributed by atoms with Gasteiger partial charge in [0, 0.05) is 13.1 Å². The Labute approximate surface area is 88.9 Å². The summed E-state index contributed by atoms with van der Waals surface area (Å²) in [5.41, 5.74) is 0. The van der Waals surface area contributed by atoms with Crippen LogP contribution in [0.4, 0.5) is 0 Å². The highest BCUT2D eigenvalue weighted by Gasteiger charge is 2.29. The minimum absolute atomic E-state index is 0.185. The summed E-state index contributed by atoms with van der Waals surface area (Å²) in [6.45, 7) is 1.49. The molecule has 2 aliphatic rings. The third kappa shape index (κ3) is 2.23. The first-order valence-corrected chi connectivity index (χ1v) is 6.40. The summed E-state index contributed by atoms with van der Waals surface area (Å²) in [5.74, 6) is 1.44. The van der Waals surface area contributed by atoms with Crippen LogP contribution in [-0.4, -0.2) is 46.1 Å². The fourth-order valence-corrected chi connectivity index (χ4v) is 3.31. The molecule has 0 aromatic carbocycles. The summed E-state index contributed by atoms with van der Waals surface area (Å²) in [6.07, 6.45) is 3.54. The maximum Gasteiger partial charge on any atom is 0.235 e. The number of aliphatic hydroxyl groups is 1. The molecule has 0 radical (unpaired) electrons. The van der Waals surface area contributed by atoms with Crippen molar-refractivity contribution in [2.75, 3.05) is 18.8 Å². The highest BCUT2D eigenvalue weighted by molar-refractivity contribution is 8.00. The second-order valence-electron chi connectivity index (χ2n) is 4.06. The lowest BCUT2D eigenvalue weighted by Crippen LogP contribution is -2.43. The molecule has 80 valence electrons. The van der Waals surface area contributed by atoms with Crippen LogP contribution in [0.3, 0.4) is 0 Å². The van der Waals surface area contributed by atoms with E-state index in [0.717, 1.165) is 38.1 Å². The number of thioether (sulfide) groups is 1. The van der Waals surface area contributed by atoms with Gasteiger partial charge in [-0.25, -0.2) is 0 Å². The summed E-state index contributed by atoms with van der Waals surface area (Å²) in [7, 11) is 0. The van der Waals surface area contributed by atoms with Crippen molar-refractivity contribution >= 4 is 17.7 Å². The molecule has 0 aromatic heterocycles. The first-order valence-electron chi connectivity index (χ1n) is 5.36. The zero-order valence-corrected chi connectivity index (χ0v) is 9.13. The van der Waals surface area contributed by atoms with Crippen molar-refractivity contribution < 1.29 is 9.90 Å². The molecule has 2 aliphatic heterocycles. The topological polar surface area (TPSA) is 40.5 Å². The van der Waals surface area contributed by atoms with Crippen LogP contribution in [-0.2, 0) is 4.79 Å². The Kier molecular flexibility index (Phi) is 3.34. The Balaban J connectivity index is 1.85. The average molecular weight is 215 g/mol. The van der Waals surface area contributed by atoms with Crippen molar-refractivity contribution in [1.82, 2.24) is 4.90 Å². The molecule has 1 amide bonds.